The highest BCUT2D eigenvalue weighted by Gasteiger charge is 2.38. The van der Waals surface area contributed by atoms with Gasteiger partial charge in [0.05, 0.1) is 0 Å². The van der Waals surface area contributed by atoms with E-state index in [-0.39, 0.29) is 0 Å². The first-order valence-corrected chi connectivity index (χ1v) is 8.26. The van der Waals surface area contributed by atoms with Gasteiger partial charge in [-0.25, -0.2) is 0 Å². The van der Waals surface area contributed by atoms with Gasteiger partial charge in [0, 0.05) is 12.1 Å². The van der Waals surface area contributed by atoms with Crippen LogP contribution in [-0.4, -0.2) is 31.1 Å². The molecule has 0 spiro atoms. The summed E-state index contributed by atoms with van der Waals surface area (Å²) in [5, 5.41) is 3.43. The summed E-state index contributed by atoms with van der Waals surface area (Å²) in [6.07, 6.45) is 6.95. The number of likely N-dealkylation sites (tertiary alicyclic amines) is 1. The van der Waals surface area contributed by atoms with E-state index < -0.39 is 0 Å². The van der Waals surface area contributed by atoms with Crippen molar-refractivity contribution in [3.63, 3.8) is 0 Å². The van der Waals surface area contributed by atoms with Crippen molar-refractivity contribution >= 4 is 0 Å². The zero-order chi connectivity index (χ0) is 13.9. The standard InChI is InChI=1S/C18H28N2/c1-14-6-8-15(9-7-14)18-16(13-19-2)5-3-4-12-20(18)17-10-11-17/h6-9,16-19H,3-5,10-13H2,1-2H3. The number of hydrogen-bond donors (Lipinski definition) is 1. The maximum atomic E-state index is 3.43. The van der Waals surface area contributed by atoms with Crippen molar-refractivity contribution in [3.05, 3.63) is 35.4 Å². The van der Waals surface area contributed by atoms with Gasteiger partial charge in [-0.1, -0.05) is 36.2 Å². The van der Waals surface area contributed by atoms with E-state index in [0.717, 1.165) is 18.5 Å². The summed E-state index contributed by atoms with van der Waals surface area (Å²) >= 11 is 0. The van der Waals surface area contributed by atoms with E-state index in [9.17, 15) is 0 Å². The fourth-order valence-electron chi connectivity index (χ4n) is 3.79. The van der Waals surface area contributed by atoms with Crippen molar-refractivity contribution < 1.29 is 0 Å². The van der Waals surface area contributed by atoms with E-state index in [2.05, 4.69) is 48.5 Å². The van der Waals surface area contributed by atoms with Crippen LogP contribution in [0.1, 0.15) is 49.3 Å². The first-order valence-electron chi connectivity index (χ1n) is 8.26. The minimum atomic E-state index is 0.623. The highest BCUT2D eigenvalue weighted by Crippen LogP contribution is 2.41. The van der Waals surface area contributed by atoms with Gasteiger partial charge in [-0.15, -0.1) is 0 Å². The molecule has 2 unspecified atom stereocenters. The molecule has 20 heavy (non-hydrogen) atoms. The zero-order valence-corrected chi connectivity index (χ0v) is 12.9. The number of hydrogen-bond acceptors (Lipinski definition) is 2. The quantitative estimate of drug-likeness (QED) is 0.902. The summed E-state index contributed by atoms with van der Waals surface area (Å²) < 4.78 is 0. The van der Waals surface area contributed by atoms with E-state index in [1.54, 1.807) is 0 Å². The molecule has 2 fully saturated rings. The number of nitrogens with zero attached hydrogens (tertiary/aromatic N) is 1. The molecule has 0 aromatic heterocycles. The van der Waals surface area contributed by atoms with Gasteiger partial charge in [0.25, 0.3) is 0 Å². The van der Waals surface area contributed by atoms with Crippen LogP contribution in [0.2, 0.25) is 0 Å². The molecule has 2 nitrogen and oxygen atoms in total. The van der Waals surface area contributed by atoms with Crippen molar-refractivity contribution in [2.45, 2.75) is 51.1 Å². The van der Waals surface area contributed by atoms with E-state index in [0.29, 0.717) is 6.04 Å². The van der Waals surface area contributed by atoms with Crippen molar-refractivity contribution in [2.75, 3.05) is 20.1 Å². The van der Waals surface area contributed by atoms with Gasteiger partial charge in [0.2, 0.25) is 0 Å². The minimum Gasteiger partial charge on any atom is -0.319 e. The smallest absolute Gasteiger partial charge is 0.0391 e. The number of benzene rings is 1. The number of aryl methyl sites for hydroxylation is 1. The molecule has 0 bridgehead atoms. The highest BCUT2D eigenvalue weighted by atomic mass is 15.2. The van der Waals surface area contributed by atoms with Gasteiger partial charge in [-0.05, 0) is 64.2 Å². The molecule has 2 heteroatoms. The van der Waals surface area contributed by atoms with Gasteiger partial charge < -0.3 is 5.32 Å². The normalized spacial score (nSPS) is 28.3. The molecular weight excluding hydrogens is 244 g/mol. The molecule has 0 amide bonds. The molecule has 3 rings (SSSR count). The third-order valence-corrected chi connectivity index (χ3v) is 4.95. The Bertz CT molecular complexity index is 422. The molecule has 2 aliphatic rings. The van der Waals surface area contributed by atoms with E-state index >= 15 is 0 Å². The second-order valence-corrected chi connectivity index (χ2v) is 6.64. The number of nitrogens with one attached hydrogen (secondary N) is 1. The fourth-order valence-corrected chi connectivity index (χ4v) is 3.79. The molecule has 1 N–H and O–H groups in total. The Morgan fingerprint density at radius 1 is 1.10 bits per heavy atom. The third-order valence-electron chi connectivity index (χ3n) is 4.95. The van der Waals surface area contributed by atoms with Crippen LogP contribution in [0.15, 0.2) is 24.3 Å². The van der Waals surface area contributed by atoms with Gasteiger partial charge in [0.15, 0.2) is 0 Å². The molecule has 110 valence electrons. The summed E-state index contributed by atoms with van der Waals surface area (Å²) in [5.41, 5.74) is 2.90. The van der Waals surface area contributed by atoms with Crippen LogP contribution in [0, 0.1) is 12.8 Å². The second kappa shape index (κ2) is 6.28. The van der Waals surface area contributed by atoms with Crippen molar-refractivity contribution in [3.8, 4) is 0 Å². The molecule has 1 saturated heterocycles. The fraction of sp³-hybridized carbons (Fsp3) is 0.667. The molecule has 1 aliphatic carbocycles. The number of rotatable bonds is 4. The molecule has 2 atom stereocenters. The van der Waals surface area contributed by atoms with Crippen LogP contribution in [0.5, 0.6) is 0 Å². The van der Waals surface area contributed by atoms with Crippen LogP contribution in [0.4, 0.5) is 0 Å². The van der Waals surface area contributed by atoms with Crippen LogP contribution in [0.3, 0.4) is 0 Å². The first-order chi connectivity index (χ1) is 9.79. The summed E-state index contributed by atoms with van der Waals surface area (Å²) in [6, 6.07) is 10.8. The van der Waals surface area contributed by atoms with E-state index in [1.165, 1.54) is 49.8 Å². The van der Waals surface area contributed by atoms with Gasteiger partial charge in [0.1, 0.15) is 0 Å². The lowest BCUT2D eigenvalue weighted by molar-refractivity contribution is 0.145. The van der Waals surface area contributed by atoms with E-state index in [4.69, 9.17) is 0 Å². The first kappa shape index (κ1) is 14.1. The predicted octanol–water partition coefficient (Wildman–Crippen LogP) is 3.52. The second-order valence-electron chi connectivity index (χ2n) is 6.64. The topological polar surface area (TPSA) is 15.3 Å². The average molecular weight is 272 g/mol. The Labute approximate surface area is 123 Å². The van der Waals surface area contributed by atoms with E-state index in [1.807, 2.05) is 0 Å². The Balaban J connectivity index is 1.90. The molecule has 1 aromatic rings. The molecule has 1 saturated carbocycles. The molecular formula is C18H28N2. The molecule has 0 radical (unpaired) electrons. The Morgan fingerprint density at radius 2 is 1.85 bits per heavy atom. The highest BCUT2D eigenvalue weighted by molar-refractivity contribution is 5.25. The predicted molar refractivity (Wildman–Crippen MR) is 84.9 cm³/mol. The minimum absolute atomic E-state index is 0.623. The Hall–Kier alpha value is -0.860. The summed E-state index contributed by atoms with van der Waals surface area (Å²) in [6.45, 7) is 4.62. The molecule has 1 heterocycles. The monoisotopic (exact) mass is 272 g/mol. The lowest BCUT2D eigenvalue weighted by Crippen LogP contribution is -2.37. The summed E-state index contributed by atoms with van der Waals surface area (Å²) in [7, 11) is 2.10. The van der Waals surface area contributed by atoms with Crippen LogP contribution >= 0.6 is 0 Å². The molecule has 1 aliphatic heterocycles. The van der Waals surface area contributed by atoms with Crippen LogP contribution < -0.4 is 5.32 Å². The summed E-state index contributed by atoms with van der Waals surface area (Å²) in [4.78, 5) is 2.82. The largest absolute Gasteiger partial charge is 0.319 e. The van der Waals surface area contributed by atoms with Crippen molar-refractivity contribution in [1.29, 1.82) is 0 Å². The maximum Gasteiger partial charge on any atom is 0.0391 e. The third kappa shape index (κ3) is 3.07. The van der Waals surface area contributed by atoms with Gasteiger partial charge >= 0.3 is 0 Å². The Kier molecular flexibility index (Phi) is 4.42. The van der Waals surface area contributed by atoms with Crippen molar-refractivity contribution in [2.24, 2.45) is 5.92 Å². The lowest BCUT2D eigenvalue weighted by atomic mass is 9.88. The average Bonchev–Trinajstić information content (AvgIpc) is 3.26. The summed E-state index contributed by atoms with van der Waals surface area (Å²) in [5.74, 6) is 0.755. The van der Waals surface area contributed by atoms with Crippen molar-refractivity contribution in [1.82, 2.24) is 10.2 Å². The Morgan fingerprint density at radius 3 is 2.50 bits per heavy atom. The lowest BCUT2D eigenvalue weighted by Gasteiger charge is -2.36. The van der Waals surface area contributed by atoms with Crippen LogP contribution in [0.25, 0.3) is 0 Å². The zero-order valence-electron chi connectivity index (χ0n) is 12.9. The van der Waals surface area contributed by atoms with Gasteiger partial charge in [-0.3, -0.25) is 4.90 Å². The van der Waals surface area contributed by atoms with Crippen LogP contribution in [-0.2, 0) is 0 Å². The van der Waals surface area contributed by atoms with Gasteiger partial charge in [-0.2, -0.15) is 0 Å². The SMILES string of the molecule is CNCC1CCCCN(C2CC2)C1c1ccc(C)cc1. The maximum absolute atomic E-state index is 3.43. The molecule has 1 aromatic carbocycles.